The van der Waals surface area contributed by atoms with E-state index in [0.717, 1.165) is 4.90 Å². The fraction of sp³-hybridized carbons (Fsp3) is 0.357. The topological polar surface area (TPSA) is 123 Å². The SMILES string of the molecule is [N-]=[N+]=Nc1cccc2c1C(=O)N(CCCCCC(=O)O)C2=O. The lowest BCUT2D eigenvalue weighted by atomic mass is 10.1. The number of aliphatic carboxylic acids is 1. The van der Waals surface area contributed by atoms with Crippen molar-refractivity contribution in [3.05, 3.63) is 39.8 Å². The minimum atomic E-state index is -0.861. The Kier molecular flexibility index (Phi) is 4.75. The molecule has 0 unspecified atom stereocenters. The van der Waals surface area contributed by atoms with Crippen LogP contribution in [0.4, 0.5) is 5.69 Å². The highest BCUT2D eigenvalue weighted by Crippen LogP contribution is 2.31. The number of fused-ring (bicyclic) bond motifs is 1. The molecule has 0 fully saturated rings. The molecule has 0 aromatic heterocycles. The molecule has 1 aromatic carbocycles. The monoisotopic (exact) mass is 302 g/mol. The second-order valence-corrected chi connectivity index (χ2v) is 4.86. The van der Waals surface area contributed by atoms with E-state index in [1.807, 2.05) is 0 Å². The number of azide groups is 1. The fourth-order valence-corrected chi connectivity index (χ4v) is 2.37. The number of rotatable bonds is 7. The first-order valence-electron chi connectivity index (χ1n) is 6.82. The molecule has 8 heteroatoms. The van der Waals surface area contributed by atoms with Crippen molar-refractivity contribution in [2.75, 3.05) is 6.54 Å². The molecule has 22 heavy (non-hydrogen) atoms. The Morgan fingerprint density at radius 1 is 1.23 bits per heavy atom. The highest BCUT2D eigenvalue weighted by Gasteiger charge is 2.36. The summed E-state index contributed by atoms with van der Waals surface area (Å²) in [6, 6.07) is 4.57. The predicted molar refractivity (Wildman–Crippen MR) is 76.7 cm³/mol. The Morgan fingerprint density at radius 3 is 2.68 bits per heavy atom. The molecule has 0 spiro atoms. The highest BCUT2D eigenvalue weighted by molar-refractivity contribution is 6.23. The third-order valence-electron chi connectivity index (χ3n) is 3.40. The van der Waals surface area contributed by atoms with Gasteiger partial charge in [-0.3, -0.25) is 19.3 Å². The van der Waals surface area contributed by atoms with Gasteiger partial charge in [0.25, 0.3) is 11.8 Å². The van der Waals surface area contributed by atoms with E-state index < -0.39 is 17.8 Å². The molecular weight excluding hydrogens is 288 g/mol. The first kappa shape index (κ1) is 15.5. The number of carboxylic acid groups (broad SMARTS) is 1. The van der Waals surface area contributed by atoms with Gasteiger partial charge < -0.3 is 5.11 Å². The Labute approximate surface area is 126 Å². The molecule has 8 nitrogen and oxygen atoms in total. The second-order valence-electron chi connectivity index (χ2n) is 4.86. The predicted octanol–water partition coefficient (Wildman–Crippen LogP) is 2.87. The van der Waals surface area contributed by atoms with Gasteiger partial charge in [0, 0.05) is 17.9 Å². The molecule has 2 rings (SSSR count). The Hall–Kier alpha value is -2.86. The fourth-order valence-electron chi connectivity index (χ4n) is 2.37. The number of carbonyl (C=O) groups is 3. The summed E-state index contributed by atoms with van der Waals surface area (Å²) >= 11 is 0. The van der Waals surface area contributed by atoms with Gasteiger partial charge in [-0.2, -0.15) is 0 Å². The first-order valence-corrected chi connectivity index (χ1v) is 6.82. The number of nitrogens with zero attached hydrogens (tertiary/aromatic N) is 4. The number of imide groups is 1. The summed E-state index contributed by atoms with van der Waals surface area (Å²) in [5.74, 6) is -1.74. The molecule has 0 bridgehead atoms. The van der Waals surface area contributed by atoms with E-state index in [-0.39, 0.29) is 29.8 Å². The highest BCUT2D eigenvalue weighted by atomic mass is 16.4. The minimum absolute atomic E-state index is 0.0726. The number of benzene rings is 1. The van der Waals surface area contributed by atoms with Crippen LogP contribution in [0.5, 0.6) is 0 Å². The molecule has 1 heterocycles. The largest absolute Gasteiger partial charge is 0.481 e. The van der Waals surface area contributed by atoms with Crippen LogP contribution in [0.15, 0.2) is 23.3 Å². The maximum Gasteiger partial charge on any atom is 0.303 e. The third kappa shape index (κ3) is 3.07. The van der Waals surface area contributed by atoms with Crippen LogP contribution in [0.2, 0.25) is 0 Å². The number of amides is 2. The zero-order valence-corrected chi connectivity index (χ0v) is 11.7. The zero-order chi connectivity index (χ0) is 16.1. The number of carboxylic acids is 1. The van der Waals surface area contributed by atoms with Crippen LogP contribution in [-0.4, -0.2) is 34.3 Å². The summed E-state index contributed by atoms with van der Waals surface area (Å²) < 4.78 is 0. The molecular formula is C14H14N4O4. The van der Waals surface area contributed by atoms with Crippen molar-refractivity contribution in [3.63, 3.8) is 0 Å². The molecule has 0 aliphatic carbocycles. The van der Waals surface area contributed by atoms with Gasteiger partial charge >= 0.3 is 5.97 Å². The van der Waals surface area contributed by atoms with Gasteiger partial charge in [0.1, 0.15) is 0 Å². The molecule has 1 N–H and O–H groups in total. The number of hydrogen-bond donors (Lipinski definition) is 1. The van der Waals surface area contributed by atoms with E-state index in [1.165, 1.54) is 12.1 Å². The molecule has 1 aromatic rings. The van der Waals surface area contributed by atoms with Crippen molar-refractivity contribution in [1.82, 2.24) is 4.90 Å². The first-order chi connectivity index (χ1) is 10.6. The quantitative estimate of drug-likeness (QED) is 0.273. The second kappa shape index (κ2) is 6.73. The van der Waals surface area contributed by atoms with Gasteiger partial charge in [0.2, 0.25) is 0 Å². The third-order valence-corrected chi connectivity index (χ3v) is 3.40. The van der Waals surface area contributed by atoms with Crippen LogP contribution in [0.3, 0.4) is 0 Å². The van der Waals surface area contributed by atoms with Gasteiger partial charge in [-0.05, 0) is 24.4 Å². The number of carbonyl (C=O) groups excluding carboxylic acids is 2. The van der Waals surface area contributed by atoms with E-state index in [9.17, 15) is 14.4 Å². The summed E-state index contributed by atoms with van der Waals surface area (Å²) in [4.78, 5) is 38.7. The van der Waals surface area contributed by atoms with Crippen LogP contribution < -0.4 is 0 Å². The summed E-state index contributed by atoms with van der Waals surface area (Å²) in [5.41, 5.74) is 9.03. The molecule has 2 amide bonds. The zero-order valence-electron chi connectivity index (χ0n) is 11.7. The summed E-state index contributed by atoms with van der Waals surface area (Å²) in [6.07, 6.45) is 1.73. The van der Waals surface area contributed by atoms with Crippen molar-refractivity contribution in [1.29, 1.82) is 0 Å². The summed E-state index contributed by atoms with van der Waals surface area (Å²) in [7, 11) is 0. The lowest BCUT2D eigenvalue weighted by molar-refractivity contribution is -0.137. The molecule has 0 saturated carbocycles. The number of hydrogen-bond acceptors (Lipinski definition) is 4. The Balaban J connectivity index is 2.06. The lowest BCUT2D eigenvalue weighted by Gasteiger charge is -2.13. The number of unbranched alkanes of at least 4 members (excludes halogenated alkanes) is 2. The van der Waals surface area contributed by atoms with Gasteiger partial charge in [-0.25, -0.2) is 0 Å². The van der Waals surface area contributed by atoms with Crippen molar-refractivity contribution in [3.8, 4) is 0 Å². The molecule has 0 saturated heterocycles. The van der Waals surface area contributed by atoms with Crippen molar-refractivity contribution >= 4 is 23.5 Å². The Bertz CT molecular complexity index is 679. The Morgan fingerprint density at radius 2 is 2.00 bits per heavy atom. The lowest BCUT2D eigenvalue weighted by Crippen LogP contribution is -2.30. The molecule has 1 aliphatic rings. The maximum absolute atomic E-state index is 12.3. The minimum Gasteiger partial charge on any atom is -0.481 e. The van der Waals surface area contributed by atoms with Gasteiger partial charge in [-0.1, -0.05) is 23.7 Å². The van der Waals surface area contributed by atoms with E-state index in [2.05, 4.69) is 10.0 Å². The normalized spacial score (nSPS) is 13.0. The van der Waals surface area contributed by atoms with Crippen LogP contribution >= 0.6 is 0 Å². The maximum atomic E-state index is 12.3. The van der Waals surface area contributed by atoms with E-state index in [0.29, 0.717) is 19.3 Å². The van der Waals surface area contributed by atoms with Gasteiger partial charge in [0.05, 0.1) is 16.8 Å². The molecule has 1 aliphatic heterocycles. The van der Waals surface area contributed by atoms with Crippen LogP contribution in [0.25, 0.3) is 10.4 Å². The summed E-state index contributed by atoms with van der Waals surface area (Å²) in [6.45, 7) is 0.224. The molecule has 114 valence electrons. The summed E-state index contributed by atoms with van der Waals surface area (Å²) in [5, 5.41) is 12.0. The van der Waals surface area contributed by atoms with Crippen molar-refractivity contribution in [2.24, 2.45) is 5.11 Å². The van der Waals surface area contributed by atoms with E-state index in [4.69, 9.17) is 10.6 Å². The van der Waals surface area contributed by atoms with Crippen LogP contribution in [0, 0.1) is 0 Å². The van der Waals surface area contributed by atoms with E-state index in [1.54, 1.807) is 6.07 Å². The van der Waals surface area contributed by atoms with Crippen molar-refractivity contribution < 1.29 is 19.5 Å². The van der Waals surface area contributed by atoms with Gasteiger partial charge in [0.15, 0.2) is 0 Å². The average molecular weight is 302 g/mol. The smallest absolute Gasteiger partial charge is 0.303 e. The van der Waals surface area contributed by atoms with Crippen LogP contribution in [-0.2, 0) is 4.79 Å². The average Bonchev–Trinajstić information content (AvgIpc) is 2.72. The van der Waals surface area contributed by atoms with E-state index >= 15 is 0 Å². The molecule has 0 radical (unpaired) electrons. The van der Waals surface area contributed by atoms with Gasteiger partial charge in [-0.15, -0.1) is 0 Å². The van der Waals surface area contributed by atoms with Crippen LogP contribution in [0.1, 0.15) is 46.4 Å². The standard InChI is InChI=1S/C14H14N4O4/c15-17-16-10-6-4-5-9-12(10)14(22)18(13(9)21)8-3-1-2-7-11(19)20/h4-6H,1-3,7-8H2,(H,19,20). The molecule has 0 atom stereocenters. The van der Waals surface area contributed by atoms with Crippen molar-refractivity contribution in [2.45, 2.75) is 25.7 Å².